The van der Waals surface area contributed by atoms with Crippen molar-refractivity contribution in [1.29, 1.82) is 0 Å². The van der Waals surface area contributed by atoms with Crippen molar-refractivity contribution in [2.24, 2.45) is 0 Å². The Labute approximate surface area is 145 Å². The van der Waals surface area contributed by atoms with Gasteiger partial charge in [-0.2, -0.15) is 0 Å². The fourth-order valence-electron chi connectivity index (χ4n) is 1.76. The highest BCUT2D eigenvalue weighted by Crippen LogP contribution is 2.22. The zero-order valence-electron chi connectivity index (χ0n) is 13.1. The van der Waals surface area contributed by atoms with Crippen LogP contribution in [0.3, 0.4) is 0 Å². The molecule has 0 fully saturated rings. The van der Waals surface area contributed by atoms with Gasteiger partial charge in [0.2, 0.25) is 0 Å². The highest BCUT2D eigenvalue weighted by Gasteiger charge is 2.00. The molecule has 0 heterocycles. The minimum atomic E-state index is -0.332. The summed E-state index contributed by atoms with van der Waals surface area (Å²) in [6.07, 6.45) is 0. The second-order valence-corrected chi connectivity index (χ2v) is 5.02. The van der Waals surface area contributed by atoms with Crippen LogP contribution in [0.4, 0.5) is 10.5 Å². The first-order valence-electron chi connectivity index (χ1n) is 7.21. The van der Waals surface area contributed by atoms with Gasteiger partial charge in [0, 0.05) is 5.69 Å². The van der Waals surface area contributed by atoms with Gasteiger partial charge in [0.25, 0.3) is 0 Å². The van der Waals surface area contributed by atoms with Crippen molar-refractivity contribution in [3.8, 4) is 23.3 Å². The maximum absolute atomic E-state index is 11.7. The van der Waals surface area contributed by atoms with Crippen LogP contribution in [-0.4, -0.2) is 26.3 Å². The average Bonchev–Trinajstić information content (AvgIpc) is 2.60. The highest BCUT2D eigenvalue weighted by atomic mass is 35.5. The quantitative estimate of drug-likeness (QED) is 0.815. The van der Waals surface area contributed by atoms with Gasteiger partial charge in [0.05, 0.1) is 18.7 Å². The number of methoxy groups -OCH3 is 1. The van der Waals surface area contributed by atoms with Crippen LogP contribution >= 0.6 is 11.6 Å². The van der Waals surface area contributed by atoms with Crippen LogP contribution < -0.4 is 20.1 Å². The van der Waals surface area contributed by atoms with E-state index in [0.29, 0.717) is 16.5 Å². The number of para-hydroxylation sites is 1. The van der Waals surface area contributed by atoms with Crippen molar-refractivity contribution < 1.29 is 14.3 Å². The first-order valence-corrected chi connectivity index (χ1v) is 7.59. The summed E-state index contributed by atoms with van der Waals surface area (Å²) >= 11 is 5.96. The van der Waals surface area contributed by atoms with Crippen LogP contribution in [-0.2, 0) is 0 Å². The Morgan fingerprint density at radius 2 is 1.88 bits per heavy atom. The van der Waals surface area contributed by atoms with E-state index in [1.54, 1.807) is 43.5 Å². The summed E-state index contributed by atoms with van der Waals surface area (Å²) < 4.78 is 10.5. The van der Waals surface area contributed by atoms with Gasteiger partial charge in [0.15, 0.2) is 0 Å². The van der Waals surface area contributed by atoms with Gasteiger partial charge in [-0.3, -0.25) is 0 Å². The van der Waals surface area contributed by atoms with Crippen LogP contribution in [0.25, 0.3) is 0 Å². The lowest BCUT2D eigenvalue weighted by Crippen LogP contribution is -2.28. The third-order valence-corrected chi connectivity index (χ3v) is 3.26. The summed E-state index contributed by atoms with van der Waals surface area (Å²) in [6.45, 7) is 0.416. The molecule has 24 heavy (non-hydrogen) atoms. The van der Waals surface area contributed by atoms with Crippen LogP contribution in [0.15, 0.2) is 48.5 Å². The summed E-state index contributed by atoms with van der Waals surface area (Å²) in [5.74, 6) is 6.91. The molecular weight excluding hydrogens is 328 g/mol. The van der Waals surface area contributed by atoms with Gasteiger partial charge >= 0.3 is 6.03 Å². The Bertz CT molecular complexity index is 736. The van der Waals surface area contributed by atoms with E-state index in [2.05, 4.69) is 22.5 Å². The lowest BCUT2D eigenvalue weighted by Gasteiger charge is -2.06. The van der Waals surface area contributed by atoms with Crippen molar-refractivity contribution in [2.75, 3.05) is 25.6 Å². The van der Waals surface area contributed by atoms with Gasteiger partial charge in [-0.25, -0.2) is 4.79 Å². The molecule has 2 aromatic carbocycles. The Morgan fingerprint density at radius 3 is 2.58 bits per heavy atom. The summed E-state index contributed by atoms with van der Waals surface area (Å²) in [5, 5.41) is 5.87. The topological polar surface area (TPSA) is 59.6 Å². The number of nitrogens with one attached hydrogen (secondary N) is 2. The van der Waals surface area contributed by atoms with Crippen LogP contribution in [0.2, 0.25) is 5.02 Å². The van der Waals surface area contributed by atoms with Crippen molar-refractivity contribution >= 4 is 23.3 Å². The smallest absolute Gasteiger partial charge is 0.319 e. The summed E-state index contributed by atoms with van der Waals surface area (Å²) in [6, 6.07) is 13.9. The predicted molar refractivity (Wildman–Crippen MR) is 94.7 cm³/mol. The predicted octanol–water partition coefficient (Wildman–Crippen LogP) is 3.55. The number of halogens is 1. The minimum absolute atomic E-state index is 0.200. The summed E-state index contributed by atoms with van der Waals surface area (Å²) in [4.78, 5) is 11.7. The van der Waals surface area contributed by atoms with Crippen molar-refractivity contribution in [2.45, 2.75) is 0 Å². The van der Waals surface area contributed by atoms with E-state index in [1.165, 1.54) is 0 Å². The van der Waals surface area contributed by atoms with Crippen LogP contribution in [0.5, 0.6) is 11.5 Å². The highest BCUT2D eigenvalue weighted by molar-refractivity contribution is 6.32. The average molecular weight is 345 g/mol. The molecule has 2 rings (SSSR count). The molecule has 0 aliphatic rings. The monoisotopic (exact) mass is 344 g/mol. The maximum Gasteiger partial charge on any atom is 0.319 e. The fraction of sp³-hybridized carbons (Fsp3) is 0.167. The normalized spacial score (nSPS) is 9.42. The van der Waals surface area contributed by atoms with Gasteiger partial charge < -0.3 is 20.1 Å². The van der Waals surface area contributed by atoms with E-state index < -0.39 is 0 Å². The molecule has 2 amide bonds. The standard InChI is InChI=1S/C18H17ClN2O3/c1-23-15-10-8-14(9-11-15)21-18(22)20-12-4-5-13-24-17-7-3-2-6-16(17)19/h2-3,6-11H,12-13H2,1H3,(H2,20,21,22). The van der Waals surface area contributed by atoms with Gasteiger partial charge in [-0.05, 0) is 36.4 Å². The molecule has 0 aliphatic heterocycles. The lowest BCUT2D eigenvalue weighted by atomic mass is 10.3. The first kappa shape index (κ1) is 17.5. The van der Waals surface area contributed by atoms with Crippen molar-refractivity contribution in [3.05, 3.63) is 53.6 Å². The summed E-state index contributed by atoms with van der Waals surface area (Å²) in [5.41, 5.74) is 0.670. The van der Waals surface area contributed by atoms with E-state index in [4.69, 9.17) is 21.1 Å². The number of hydrogen-bond donors (Lipinski definition) is 2. The molecule has 0 saturated carbocycles. The Morgan fingerprint density at radius 1 is 1.12 bits per heavy atom. The maximum atomic E-state index is 11.7. The van der Waals surface area contributed by atoms with Crippen molar-refractivity contribution in [1.82, 2.24) is 5.32 Å². The summed E-state index contributed by atoms with van der Waals surface area (Å²) in [7, 11) is 1.59. The van der Waals surface area contributed by atoms with Gasteiger partial charge in [0.1, 0.15) is 18.1 Å². The number of carbonyl (C=O) groups excluding carboxylic acids is 1. The largest absolute Gasteiger partial charge is 0.497 e. The minimum Gasteiger partial charge on any atom is -0.497 e. The second-order valence-electron chi connectivity index (χ2n) is 4.61. The Hall–Kier alpha value is -2.84. The SMILES string of the molecule is COc1ccc(NC(=O)NCC#CCOc2ccccc2Cl)cc1. The van der Waals surface area contributed by atoms with E-state index >= 15 is 0 Å². The third-order valence-electron chi connectivity index (χ3n) is 2.95. The second kappa shape index (κ2) is 9.33. The van der Waals surface area contributed by atoms with Crippen molar-refractivity contribution in [3.63, 3.8) is 0 Å². The van der Waals surface area contributed by atoms with E-state index in [9.17, 15) is 4.79 Å². The molecule has 0 spiro atoms. The number of anilines is 1. The molecule has 0 aliphatic carbocycles. The van der Waals surface area contributed by atoms with Crippen LogP contribution in [0.1, 0.15) is 0 Å². The third kappa shape index (κ3) is 5.75. The fourth-order valence-corrected chi connectivity index (χ4v) is 1.95. The lowest BCUT2D eigenvalue weighted by molar-refractivity contribution is 0.253. The molecule has 6 heteroatoms. The first-order chi connectivity index (χ1) is 11.7. The number of urea groups is 1. The van der Waals surface area contributed by atoms with Gasteiger partial charge in [-0.15, -0.1) is 0 Å². The van der Waals surface area contributed by atoms with Gasteiger partial charge in [-0.1, -0.05) is 35.6 Å². The molecule has 0 atom stereocenters. The molecule has 5 nitrogen and oxygen atoms in total. The number of hydrogen-bond acceptors (Lipinski definition) is 3. The van der Waals surface area contributed by atoms with Crippen LogP contribution in [0, 0.1) is 11.8 Å². The number of amides is 2. The Balaban J connectivity index is 1.68. The molecule has 2 aromatic rings. The van der Waals surface area contributed by atoms with E-state index in [-0.39, 0.29) is 19.2 Å². The Kier molecular flexibility index (Phi) is 6.81. The number of rotatable bonds is 5. The molecule has 0 radical (unpaired) electrons. The molecule has 0 aromatic heterocycles. The number of benzene rings is 2. The molecular formula is C18H17ClN2O3. The molecule has 0 saturated heterocycles. The van der Waals surface area contributed by atoms with E-state index in [0.717, 1.165) is 5.75 Å². The number of carbonyl (C=O) groups is 1. The number of ether oxygens (including phenoxy) is 2. The molecule has 124 valence electrons. The molecule has 2 N–H and O–H groups in total. The zero-order valence-corrected chi connectivity index (χ0v) is 13.9. The molecule has 0 bridgehead atoms. The van der Waals surface area contributed by atoms with E-state index in [1.807, 2.05) is 12.1 Å². The molecule has 0 unspecified atom stereocenters. The zero-order chi connectivity index (χ0) is 17.2.